The van der Waals surface area contributed by atoms with Crippen LogP contribution in [0.2, 0.25) is 0 Å². The van der Waals surface area contributed by atoms with Gasteiger partial charge in [-0.2, -0.15) is 0 Å². The lowest BCUT2D eigenvalue weighted by molar-refractivity contribution is 0.1000. The molecule has 0 unspecified atom stereocenters. The van der Waals surface area contributed by atoms with Crippen LogP contribution < -0.4 is 5.32 Å². The molecule has 0 spiro atoms. The molecule has 0 bridgehead atoms. The van der Waals surface area contributed by atoms with Crippen molar-refractivity contribution in [1.29, 1.82) is 0 Å². The van der Waals surface area contributed by atoms with Crippen LogP contribution in [0.1, 0.15) is 32.3 Å². The lowest BCUT2D eigenvalue weighted by atomic mass is 10.2. The zero-order chi connectivity index (χ0) is 12.8. The summed E-state index contributed by atoms with van der Waals surface area (Å²) in [5, 5.41) is 5.30. The highest BCUT2D eigenvalue weighted by atomic mass is 32.2. The molecular formula is C14H22N2OS. The van der Waals surface area contributed by atoms with Crippen molar-refractivity contribution in [2.45, 2.75) is 49.6 Å². The molecule has 1 N–H and O–H groups in total. The molecule has 100 valence electrons. The maximum Gasteiger partial charge on any atom is 0.101 e. The predicted octanol–water partition coefficient (Wildman–Crippen LogP) is 2.85. The summed E-state index contributed by atoms with van der Waals surface area (Å²) in [6.45, 7) is 7.02. The standard InChI is InChI=1S/C14H22N2OS/c1-11(2)16-10-12-4-3-7-15-14(12)18-13-5-8-17-9-6-13/h3-4,7,11,13,16H,5-6,8-10H2,1-2H3. The fourth-order valence-electron chi connectivity index (χ4n) is 1.93. The fourth-order valence-corrected chi connectivity index (χ4v) is 3.09. The normalized spacial score (nSPS) is 17.3. The Morgan fingerprint density at radius 1 is 1.44 bits per heavy atom. The smallest absolute Gasteiger partial charge is 0.101 e. The van der Waals surface area contributed by atoms with Gasteiger partial charge in [-0.25, -0.2) is 4.98 Å². The Balaban J connectivity index is 1.97. The first-order valence-electron chi connectivity index (χ1n) is 6.67. The lowest BCUT2D eigenvalue weighted by Crippen LogP contribution is -2.23. The van der Waals surface area contributed by atoms with Gasteiger partial charge in [0.2, 0.25) is 0 Å². The van der Waals surface area contributed by atoms with Gasteiger partial charge in [-0.1, -0.05) is 19.9 Å². The van der Waals surface area contributed by atoms with Gasteiger partial charge in [0, 0.05) is 37.2 Å². The van der Waals surface area contributed by atoms with E-state index in [1.807, 2.05) is 24.0 Å². The molecule has 18 heavy (non-hydrogen) atoms. The summed E-state index contributed by atoms with van der Waals surface area (Å²) >= 11 is 1.91. The SMILES string of the molecule is CC(C)NCc1cccnc1SC1CCOCC1. The first kappa shape index (κ1) is 13.8. The molecule has 1 aromatic rings. The van der Waals surface area contributed by atoms with E-state index in [9.17, 15) is 0 Å². The number of ether oxygens (including phenoxy) is 1. The topological polar surface area (TPSA) is 34.2 Å². The van der Waals surface area contributed by atoms with Crippen molar-refractivity contribution >= 4 is 11.8 Å². The first-order valence-corrected chi connectivity index (χ1v) is 7.55. The van der Waals surface area contributed by atoms with Crippen LogP contribution in [0, 0.1) is 0 Å². The second kappa shape index (κ2) is 7.12. The number of hydrogen-bond donors (Lipinski definition) is 1. The van der Waals surface area contributed by atoms with Crippen molar-refractivity contribution in [2.24, 2.45) is 0 Å². The molecule has 4 heteroatoms. The van der Waals surface area contributed by atoms with Crippen LogP contribution >= 0.6 is 11.8 Å². The summed E-state index contributed by atoms with van der Waals surface area (Å²) in [6, 6.07) is 4.70. The summed E-state index contributed by atoms with van der Waals surface area (Å²) in [5.74, 6) is 0. The van der Waals surface area contributed by atoms with Gasteiger partial charge in [-0.05, 0) is 24.5 Å². The quantitative estimate of drug-likeness (QED) is 0.888. The number of rotatable bonds is 5. The summed E-state index contributed by atoms with van der Waals surface area (Å²) in [7, 11) is 0. The highest BCUT2D eigenvalue weighted by Crippen LogP contribution is 2.30. The molecule has 0 aliphatic carbocycles. The number of pyridine rings is 1. The largest absolute Gasteiger partial charge is 0.381 e. The molecule has 0 amide bonds. The van der Waals surface area contributed by atoms with Crippen LogP contribution in [0.15, 0.2) is 23.4 Å². The minimum atomic E-state index is 0.506. The van der Waals surface area contributed by atoms with Gasteiger partial charge in [-0.3, -0.25) is 0 Å². The Morgan fingerprint density at radius 3 is 2.94 bits per heavy atom. The van der Waals surface area contributed by atoms with Crippen molar-refractivity contribution < 1.29 is 4.74 Å². The molecule has 0 saturated carbocycles. The summed E-state index contributed by atoms with van der Waals surface area (Å²) in [4.78, 5) is 4.53. The summed E-state index contributed by atoms with van der Waals surface area (Å²) in [6.07, 6.45) is 4.16. The third kappa shape index (κ3) is 4.26. The van der Waals surface area contributed by atoms with Crippen LogP contribution in [0.4, 0.5) is 0 Å². The number of hydrogen-bond acceptors (Lipinski definition) is 4. The number of thioether (sulfide) groups is 1. The molecule has 1 aliphatic heterocycles. The van der Waals surface area contributed by atoms with Crippen molar-refractivity contribution in [2.75, 3.05) is 13.2 Å². The predicted molar refractivity (Wildman–Crippen MR) is 75.9 cm³/mol. The van der Waals surface area contributed by atoms with E-state index >= 15 is 0 Å². The second-order valence-corrected chi connectivity index (χ2v) is 6.22. The third-order valence-corrected chi connectivity index (χ3v) is 4.39. The average molecular weight is 266 g/mol. The molecular weight excluding hydrogens is 244 g/mol. The van der Waals surface area contributed by atoms with Crippen LogP contribution in [0.25, 0.3) is 0 Å². The maximum atomic E-state index is 5.40. The Labute approximate surface area is 114 Å². The van der Waals surface area contributed by atoms with E-state index in [0.717, 1.165) is 32.6 Å². The highest BCUT2D eigenvalue weighted by molar-refractivity contribution is 7.99. The summed E-state index contributed by atoms with van der Waals surface area (Å²) in [5.41, 5.74) is 1.31. The third-order valence-electron chi connectivity index (χ3n) is 3.00. The maximum absolute atomic E-state index is 5.40. The lowest BCUT2D eigenvalue weighted by Gasteiger charge is -2.22. The van der Waals surface area contributed by atoms with Gasteiger partial charge in [0.05, 0.1) is 0 Å². The van der Waals surface area contributed by atoms with Crippen LogP contribution in [-0.2, 0) is 11.3 Å². The molecule has 2 rings (SSSR count). The highest BCUT2D eigenvalue weighted by Gasteiger charge is 2.17. The van der Waals surface area contributed by atoms with E-state index < -0.39 is 0 Å². The van der Waals surface area contributed by atoms with E-state index in [4.69, 9.17) is 4.74 Å². The molecule has 1 aliphatic rings. The second-order valence-electron chi connectivity index (χ2n) is 4.93. The van der Waals surface area contributed by atoms with Crippen molar-refractivity contribution in [3.63, 3.8) is 0 Å². The van der Waals surface area contributed by atoms with Crippen molar-refractivity contribution in [3.05, 3.63) is 23.9 Å². The minimum Gasteiger partial charge on any atom is -0.381 e. The monoisotopic (exact) mass is 266 g/mol. The molecule has 3 nitrogen and oxygen atoms in total. The van der Waals surface area contributed by atoms with Crippen molar-refractivity contribution in [3.8, 4) is 0 Å². The Morgan fingerprint density at radius 2 is 2.22 bits per heavy atom. The zero-order valence-electron chi connectivity index (χ0n) is 11.2. The van der Waals surface area contributed by atoms with Crippen molar-refractivity contribution in [1.82, 2.24) is 10.3 Å². The van der Waals surface area contributed by atoms with E-state index in [1.165, 1.54) is 10.6 Å². The average Bonchev–Trinajstić information content (AvgIpc) is 2.39. The molecule has 2 heterocycles. The number of nitrogens with one attached hydrogen (secondary N) is 1. The molecule has 1 fully saturated rings. The van der Waals surface area contributed by atoms with Gasteiger partial charge >= 0.3 is 0 Å². The van der Waals surface area contributed by atoms with Gasteiger partial charge < -0.3 is 10.1 Å². The number of nitrogens with zero attached hydrogens (tertiary/aromatic N) is 1. The van der Waals surface area contributed by atoms with Crippen LogP contribution in [0.3, 0.4) is 0 Å². The van der Waals surface area contributed by atoms with Crippen LogP contribution in [0.5, 0.6) is 0 Å². The number of aromatic nitrogens is 1. The summed E-state index contributed by atoms with van der Waals surface area (Å²) < 4.78 is 5.40. The molecule has 0 atom stereocenters. The Hall–Kier alpha value is -0.580. The van der Waals surface area contributed by atoms with Gasteiger partial charge in [-0.15, -0.1) is 11.8 Å². The first-order chi connectivity index (χ1) is 8.75. The molecule has 1 aromatic heterocycles. The van der Waals surface area contributed by atoms with Gasteiger partial charge in [0.1, 0.15) is 5.03 Å². The Kier molecular flexibility index (Phi) is 5.47. The Bertz CT molecular complexity index is 365. The molecule has 0 radical (unpaired) electrons. The van der Waals surface area contributed by atoms with E-state index in [1.54, 1.807) is 0 Å². The van der Waals surface area contributed by atoms with E-state index in [0.29, 0.717) is 11.3 Å². The minimum absolute atomic E-state index is 0.506. The fraction of sp³-hybridized carbons (Fsp3) is 0.643. The van der Waals surface area contributed by atoms with Gasteiger partial charge in [0.15, 0.2) is 0 Å². The van der Waals surface area contributed by atoms with E-state index in [-0.39, 0.29) is 0 Å². The van der Waals surface area contributed by atoms with Gasteiger partial charge in [0.25, 0.3) is 0 Å². The molecule has 0 aromatic carbocycles. The zero-order valence-corrected chi connectivity index (χ0v) is 12.0. The van der Waals surface area contributed by atoms with Crippen LogP contribution in [-0.4, -0.2) is 29.5 Å². The molecule has 1 saturated heterocycles. The van der Waals surface area contributed by atoms with E-state index in [2.05, 4.69) is 30.2 Å².